The first-order valence-corrected chi connectivity index (χ1v) is 8.75. The minimum absolute atomic E-state index is 0.0154. The molecular weight excluding hydrogens is 342 g/mol. The lowest BCUT2D eigenvalue weighted by atomic mass is 10.1. The number of para-hydroxylation sites is 1. The predicted molar refractivity (Wildman–Crippen MR) is 106 cm³/mol. The highest BCUT2D eigenvalue weighted by molar-refractivity contribution is 6.06. The zero-order valence-electron chi connectivity index (χ0n) is 15.2. The minimum Gasteiger partial charge on any atom is -0.383 e. The molecule has 0 radical (unpaired) electrons. The van der Waals surface area contributed by atoms with Crippen LogP contribution in [0.5, 0.6) is 0 Å². The standard InChI is InChI=1S/C20H23N5O2/c1-27-11-10-22-12-17(14-6-3-2-4-7-14)25-20-16-9-5-8-15(19(21)26)18(16)23-13-24-20/h2-9,13,17,22H,10-12H2,1H3,(H2,21,26)(H,23,24,25)/t17-/m1/s1. The van der Waals surface area contributed by atoms with Crippen LogP contribution in [0.2, 0.25) is 0 Å². The Morgan fingerprint density at radius 2 is 1.96 bits per heavy atom. The van der Waals surface area contributed by atoms with E-state index in [0.29, 0.717) is 30.0 Å². The van der Waals surface area contributed by atoms with Gasteiger partial charge in [-0.3, -0.25) is 4.79 Å². The van der Waals surface area contributed by atoms with Crippen LogP contribution in [0.25, 0.3) is 10.9 Å². The van der Waals surface area contributed by atoms with E-state index in [4.69, 9.17) is 10.5 Å². The van der Waals surface area contributed by atoms with Crippen molar-refractivity contribution in [3.05, 3.63) is 66.0 Å². The van der Waals surface area contributed by atoms with Crippen LogP contribution in [0.15, 0.2) is 54.9 Å². The number of rotatable bonds is 9. The number of ether oxygens (including phenoxy) is 1. The van der Waals surface area contributed by atoms with E-state index in [-0.39, 0.29) is 6.04 Å². The summed E-state index contributed by atoms with van der Waals surface area (Å²) in [5.41, 5.74) is 7.53. The number of anilines is 1. The monoisotopic (exact) mass is 365 g/mol. The van der Waals surface area contributed by atoms with E-state index in [9.17, 15) is 4.79 Å². The predicted octanol–water partition coefficient (Wildman–Crippen LogP) is 2.12. The number of benzene rings is 2. The Kier molecular flexibility index (Phi) is 6.30. The van der Waals surface area contributed by atoms with E-state index in [1.165, 1.54) is 6.33 Å². The molecule has 3 rings (SSSR count). The molecule has 1 heterocycles. The fourth-order valence-electron chi connectivity index (χ4n) is 2.92. The summed E-state index contributed by atoms with van der Waals surface area (Å²) in [4.78, 5) is 20.3. The van der Waals surface area contributed by atoms with E-state index in [1.54, 1.807) is 19.2 Å². The van der Waals surface area contributed by atoms with Gasteiger partial charge in [0.25, 0.3) is 5.91 Å². The summed E-state index contributed by atoms with van der Waals surface area (Å²) in [6.07, 6.45) is 1.44. The van der Waals surface area contributed by atoms with Crippen LogP contribution in [0, 0.1) is 0 Å². The normalized spacial score (nSPS) is 12.0. The minimum atomic E-state index is -0.508. The molecule has 2 aromatic carbocycles. The highest BCUT2D eigenvalue weighted by atomic mass is 16.5. The molecule has 7 heteroatoms. The number of fused-ring (bicyclic) bond motifs is 1. The molecule has 27 heavy (non-hydrogen) atoms. The lowest BCUT2D eigenvalue weighted by Gasteiger charge is -2.21. The molecule has 0 spiro atoms. The average molecular weight is 365 g/mol. The Bertz CT molecular complexity index is 901. The largest absolute Gasteiger partial charge is 0.383 e. The molecule has 0 unspecified atom stereocenters. The maximum absolute atomic E-state index is 11.7. The van der Waals surface area contributed by atoms with Gasteiger partial charge in [0.05, 0.1) is 23.7 Å². The molecular formula is C20H23N5O2. The molecule has 0 aliphatic carbocycles. The molecule has 0 aliphatic rings. The van der Waals surface area contributed by atoms with E-state index < -0.39 is 5.91 Å². The summed E-state index contributed by atoms with van der Waals surface area (Å²) in [5, 5.41) is 7.61. The van der Waals surface area contributed by atoms with E-state index >= 15 is 0 Å². The van der Waals surface area contributed by atoms with Crippen LogP contribution in [0.4, 0.5) is 5.82 Å². The third kappa shape index (κ3) is 4.58. The van der Waals surface area contributed by atoms with Crippen molar-refractivity contribution in [1.29, 1.82) is 0 Å². The van der Waals surface area contributed by atoms with Crippen LogP contribution in [-0.4, -0.2) is 42.7 Å². The van der Waals surface area contributed by atoms with Gasteiger partial charge in [0.15, 0.2) is 0 Å². The fourth-order valence-corrected chi connectivity index (χ4v) is 2.92. The van der Waals surface area contributed by atoms with Crippen LogP contribution >= 0.6 is 0 Å². The van der Waals surface area contributed by atoms with Gasteiger partial charge in [0.1, 0.15) is 12.1 Å². The smallest absolute Gasteiger partial charge is 0.250 e. The summed E-state index contributed by atoms with van der Waals surface area (Å²) in [5.74, 6) is 0.150. The second-order valence-electron chi connectivity index (χ2n) is 6.09. The number of hydrogen-bond donors (Lipinski definition) is 3. The Morgan fingerprint density at radius 3 is 2.70 bits per heavy atom. The van der Waals surface area contributed by atoms with Crippen molar-refractivity contribution in [2.75, 3.05) is 32.1 Å². The number of nitrogens with two attached hydrogens (primary N) is 1. The van der Waals surface area contributed by atoms with Gasteiger partial charge in [0, 0.05) is 25.6 Å². The van der Waals surface area contributed by atoms with Crippen molar-refractivity contribution in [2.45, 2.75) is 6.04 Å². The third-order valence-electron chi connectivity index (χ3n) is 4.27. The Morgan fingerprint density at radius 1 is 1.15 bits per heavy atom. The number of hydrogen-bond acceptors (Lipinski definition) is 6. The summed E-state index contributed by atoms with van der Waals surface area (Å²) in [7, 11) is 1.68. The van der Waals surface area contributed by atoms with Crippen LogP contribution < -0.4 is 16.4 Å². The second-order valence-corrected chi connectivity index (χ2v) is 6.09. The molecule has 7 nitrogen and oxygen atoms in total. The number of aromatic nitrogens is 2. The SMILES string of the molecule is COCCNC[C@@H](Nc1ncnc2c(C(N)=O)cccc12)c1ccccc1. The zero-order valence-corrected chi connectivity index (χ0v) is 15.2. The van der Waals surface area contributed by atoms with E-state index in [0.717, 1.165) is 17.5 Å². The Hall–Kier alpha value is -3.03. The van der Waals surface area contributed by atoms with Crippen molar-refractivity contribution < 1.29 is 9.53 Å². The van der Waals surface area contributed by atoms with Crippen LogP contribution in [0.3, 0.4) is 0 Å². The first-order valence-electron chi connectivity index (χ1n) is 8.75. The van der Waals surface area contributed by atoms with Gasteiger partial charge in [-0.2, -0.15) is 0 Å². The molecule has 1 atom stereocenters. The van der Waals surface area contributed by atoms with Crippen molar-refractivity contribution in [1.82, 2.24) is 15.3 Å². The maximum Gasteiger partial charge on any atom is 0.250 e. The van der Waals surface area contributed by atoms with Gasteiger partial charge >= 0.3 is 0 Å². The lowest BCUT2D eigenvalue weighted by Crippen LogP contribution is -2.29. The summed E-state index contributed by atoms with van der Waals surface area (Å²) >= 11 is 0. The lowest BCUT2D eigenvalue weighted by molar-refractivity contribution is 0.100. The number of primary amides is 1. The van der Waals surface area contributed by atoms with E-state index in [2.05, 4.69) is 32.7 Å². The van der Waals surface area contributed by atoms with Gasteiger partial charge in [-0.05, 0) is 17.7 Å². The Balaban J connectivity index is 1.91. The van der Waals surface area contributed by atoms with Gasteiger partial charge in [-0.1, -0.05) is 36.4 Å². The third-order valence-corrected chi connectivity index (χ3v) is 4.27. The Labute approximate surface area is 158 Å². The summed E-state index contributed by atoms with van der Waals surface area (Å²) < 4.78 is 5.09. The summed E-state index contributed by atoms with van der Waals surface area (Å²) in [6.45, 7) is 2.08. The number of carbonyl (C=O) groups is 1. The first-order chi connectivity index (χ1) is 13.2. The van der Waals surface area contributed by atoms with Gasteiger partial charge in [-0.15, -0.1) is 0 Å². The molecule has 0 saturated carbocycles. The molecule has 0 bridgehead atoms. The highest BCUT2D eigenvalue weighted by Gasteiger charge is 2.15. The number of methoxy groups -OCH3 is 1. The summed E-state index contributed by atoms with van der Waals surface area (Å²) in [6, 6.07) is 15.4. The fraction of sp³-hybridized carbons (Fsp3) is 0.250. The first kappa shape index (κ1) is 18.8. The van der Waals surface area contributed by atoms with Crippen LogP contribution in [-0.2, 0) is 4.74 Å². The number of nitrogens with zero attached hydrogens (tertiary/aromatic N) is 2. The number of carbonyl (C=O) groups excluding carboxylic acids is 1. The van der Waals surface area contributed by atoms with Crippen molar-refractivity contribution in [3.8, 4) is 0 Å². The molecule has 0 fully saturated rings. The van der Waals surface area contributed by atoms with E-state index in [1.807, 2.05) is 24.3 Å². The molecule has 1 aromatic heterocycles. The van der Waals surface area contributed by atoms with Gasteiger partial charge < -0.3 is 21.1 Å². The molecule has 0 saturated heterocycles. The quantitative estimate of drug-likeness (QED) is 0.502. The van der Waals surface area contributed by atoms with Crippen molar-refractivity contribution in [3.63, 3.8) is 0 Å². The van der Waals surface area contributed by atoms with Crippen molar-refractivity contribution in [2.24, 2.45) is 5.73 Å². The number of nitrogens with one attached hydrogen (secondary N) is 2. The molecule has 3 aromatic rings. The highest BCUT2D eigenvalue weighted by Crippen LogP contribution is 2.25. The topological polar surface area (TPSA) is 102 Å². The van der Waals surface area contributed by atoms with Crippen LogP contribution in [0.1, 0.15) is 22.0 Å². The van der Waals surface area contributed by atoms with Gasteiger partial charge in [-0.25, -0.2) is 9.97 Å². The molecule has 4 N–H and O–H groups in total. The van der Waals surface area contributed by atoms with Crippen molar-refractivity contribution >= 4 is 22.6 Å². The molecule has 1 amide bonds. The van der Waals surface area contributed by atoms with Gasteiger partial charge in [0.2, 0.25) is 0 Å². The maximum atomic E-state index is 11.7. The zero-order chi connectivity index (χ0) is 19.1. The molecule has 0 aliphatic heterocycles. The number of amides is 1. The average Bonchev–Trinajstić information content (AvgIpc) is 2.70. The molecule has 140 valence electrons. The second kappa shape index (κ2) is 9.07.